The molecular formula is C24H23NO. The molecule has 5 rings (SSSR count). The molecule has 0 saturated heterocycles. The number of fused-ring (bicyclic) bond motifs is 5. The molecule has 2 aliphatic rings. The van der Waals surface area contributed by atoms with Crippen LogP contribution >= 0.6 is 0 Å². The number of methoxy groups -OCH3 is 1. The van der Waals surface area contributed by atoms with Crippen LogP contribution in [0.3, 0.4) is 0 Å². The minimum atomic E-state index is 0.461. The molecule has 2 nitrogen and oxygen atoms in total. The molecule has 3 unspecified atom stereocenters. The number of hydrogen-bond acceptors (Lipinski definition) is 2. The molecule has 2 heteroatoms. The quantitative estimate of drug-likeness (QED) is 0.596. The molecule has 0 saturated carbocycles. The lowest BCUT2D eigenvalue weighted by Gasteiger charge is -2.44. The predicted molar refractivity (Wildman–Crippen MR) is 107 cm³/mol. The fraction of sp³-hybridized carbons (Fsp3) is 0.250. The minimum Gasteiger partial charge on any atom is -0.497 e. The van der Waals surface area contributed by atoms with Gasteiger partial charge in [0, 0.05) is 23.3 Å². The molecule has 0 radical (unpaired) electrons. The van der Waals surface area contributed by atoms with Crippen molar-refractivity contribution in [1.29, 1.82) is 0 Å². The summed E-state index contributed by atoms with van der Waals surface area (Å²) >= 11 is 0. The van der Waals surface area contributed by atoms with Gasteiger partial charge in [0.05, 0.1) is 7.11 Å². The molecule has 3 aromatic carbocycles. The highest BCUT2D eigenvalue weighted by Crippen LogP contribution is 2.54. The van der Waals surface area contributed by atoms with Gasteiger partial charge >= 0.3 is 0 Å². The van der Waals surface area contributed by atoms with Crippen LogP contribution in [0.1, 0.15) is 35.4 Å². The van der Waals surface area contributed by atoms with Crippen LogP contribution in [0.25, 0.3) is 0 Å². The molecule has 0 spiro atoms. The van der Waals surface area contributed by atoms with Crippen LogP contribution in [0, 0.1) is 0 Å². The maximum atomic E-state index is 5.37. The molecule has 0 fully saturated rings. The third-order valence-corrected chi connectivity index (χ3v) is 6.15. The van der Waals surface area contributed by atoms with E-state index in [4.69, 9.17) is 4.74 Å². The van der Waals surface area contributed by atoms with Crippen molar-refractivity contribution in [1.82, 2.24) is 0 Å². The van der Waals surface area contributed by atoms with Crippen molar-refractivity contribution in [3.05, 3.63) is 89.5 Å². The molecule has 0 aliphatic carbocycles. The van der Waals surface area contributed by atoms with Crippen LogP contribution < -0.4 is 9.64 Å². The highest BCUT2D eigenvalue weighted by molar-refractivity contribution is 5.76. The van der Waals surface area contributed by atoms with E-state index in [1.807, 2.05) is 0 Å². The minimum absolute atomic E-state index is 0.461. The van der Waals surface area contributed by atoms with Crippen molar-refractivity contribution in [3.8, 4) is 5.75 Å². The molecule has 2 heterocycles. The first-order chi connectivity index (χ1) is 12.8. The normalized spacial score (nSPS) is 23.2. The first-order valence-electron chi connectivity index (χ1n) is 9.38. The Morgan fingerprint density at radius 1 is 0.846 bits per heavy atom. The van der Waals surface area contributed by atoms with Gasteiger partial charge in [-0.25, -0.2) is 0 Å². The third-order valence-electron chi connectivity index (χ3n) is 6.15. The first kappa shape index (κ1) is 15.5. The SMILES string of the molecule is COc1ccc(C2C(C)c3ccccc3N3c4ccccc4CC23)cc1. The van der Waals surface area contributed by atoms with E-state index in [1.54, 1.807) is 7.11 Å². The van der Waals surface area contributed by atoms with Gasteiger partial charge in [0.1, 0.15) is 5.75 Å². The largest absolute Gasteiger partial charge is 0.497 e. The Hall–Kier alpha value is -2.74. The van der Waals surface area contributed by atoms with Crippen molar-refractivity contribution >= 4 is 11.4 Å². The summed E-state index contributed by atoms with van der Waals surface area (Å²) < 4.78 is 5.37. The smallest absolute Gasteiger partial charge is 0.118 e. The molecule has 3 aromatic rings. The zero-order valence-electron chi connectivity index (χ0n) is 15.2. The van der Waals surface area contributed by atoms with Crippen molar-refractivity contribution in [2.45, 2.75) is 31.2 Å². The average molecular weight is 341 g/mol. The average Bonchev–Trinajstić information content (AvgIpc) is 3.08. The zero-order chi connectivity index (χ0) is 17.7. The number of rotatable bonds is 2. The molecule has 2 aliphatic heterocycles. The van der Waals surface area contributed by atoms with Crippen LogP contribution in [-0.2, 0) is 6.42 Å². The topological polar surface area (TPSA) is 12.5 Å². The predicted octanol–water partition coefficient (Wildman–Crippen LogP) is 5.66. The maximum Gasteiger partial charge on any atom is 0.118 e. The Kier molecular flexibility index (Phi) is 3.53. The van der Waals surface area contributed by atoms with Crippen molar-refractivity contribution in [3.63, 3.8) is 0 Å². The molecule has 0 bridgehead atoms. The second-order valence-corrected chi connectivity index (χ2v) is 7.42. The van der Waals surface area contributed by atoms with Gasteiger partial charge in [-0.05, 0) is 53.3 Å². The summed E-state index contributed by atoms with van der Waals surface area (Å²) in [4.78, 5) is 2.58. The monoisotopic (exact) mass is 341 g/mol. The van der Waals surface area contributed by atoms with Gasteiger partial charge in [-0.15, -0.1) is 0 Å². The van der Waals surface area contributed by atoms with E-state index >= 15 is 0 Å². The van der Waals surface area contributed by atoms with Crippen LogP contribution in [0.5, 0.6) is 5.75 Å². The van der Waals surface area contributed by atoms with E-state index in [0.29, 0.717) is 17.9 Å². The number of benzene rings is 3. The van der Waals surface area contributed by atoms with E-state index in [-0.39, 0.29) is 0 Å². The van der Waals surface area contributed by atoms with Crippen LogP contribution in [-0.4, -0.2) is 13.2 Å². The molecule has 0 amide bonds. The Balaban J connectivity index is 1.68. The number of para-hydroxylation sites is 2. The second kappa shape index (κ2) is 5.91. The number of ether oxygens (including phenoxy) is 1. The summed E-state index contributed by atoms with van der Waals surface area (Å²) in [5.41, 5.74) is 7.05. The van der Waals surface area contributed by atoms with E-state index in [2.05, 4.69) is 84.6 Å². The summed E-state index contributed by atoms with van der Waals surface area (Å²) in [6, 6.07) is 26.9. The Labute approximate surface area is 155 Å². The van der Waals surface area contributed by atoms with Gasteiger partial charge in [-0.2, -0.15) is 0 Å². The summed E-state index contributed by atoms with van der Waals surface area (Å²) in [7, 11) is 1.73. The van der Waals surface area contributed by atoms with E-state index < -0.39 is 0 Å². The molecule has 130 valence electrons. The fourth-order valence-electron chi connectivity index (χ4n) is 4.97. The summed E-state index contributed by atoms with van der Waals surface area (Å²) in [6.45, 7) is 2.38. The highest BCUT2D eigenvalue weighted by atomic mass is 16.5. The van der Waals surface area contributed by atoms with Gasteiger partial charge in [0.25, 0.3) is 0 Å². The summed E-state index contributed by atoms with van der Waals surface area (Å²) in [6.07, 6.45) is 1.10. The van der Waals surface area contributed by atoms with Gasteiger partial charge in [-0.1, -0.05) is 55.5 Å². The Morgan fingerprint density at radius 3 is 2.31 bits per heavy atom. The standard InChI is InChI=1S/C24H23NO/c1-16-20-8-4-6-10-22(20)25-21-9-5-3-7-18(21)15-23(25)24(16)17-11-13-19(26-2)14-12-17/h3-14,16,23-24H,15H2,1-2H3. The van der Waals surface area contributed by atoms with Gasteiger partial charge in [-0.3, -0.25) is 0 Å². The lowest BCUT2D eigenvalue weighted by atomic mass is 9.73. The Bertz CT molecular complexity index is 946. The van der Waals surface area contributed by atoms with Crippen LogP contribution in [0.2, 0.25) is 0 Å². The number of nitrogens with zero attached hydrogens (tertiary/aromatic N) is 1. The molecule has 0 N–H and O–H groups in total. The van der Waals surface area contributed by atoms with Gasteiger partial charge in [0.2, 0.25) is 0 Å². The van der Waals surface area contributed by atoms with Gasteiger partial charge < -0.3 is 9.64 Å². The summed E-state index contributed by atoms with van der Waals surface area (Å²) in [5.74, 6) is 1.86. The number of hydrogen-bond donors (Lipinski definition) is 0. The lowest BCUT2D eigenvalue weighted by Crippen LogP contribution is -2.40. The van der Waals surface area contributed by atoms with Crippen molar-refractivity contribution < 1.29 is 4.74 Å². The summed E-state index contributed by atoms with van der Waals surface area (Å²) in [5, 5.41) is 0. The zero-order valence-corrected chi connectivity index (χ0v) is 15.2. The second-order valence-electron chi connectivity index (χ2n) is 7.42. The van der Waals surface area contributed by atoms with Crippen LogP contribution in [0.4, 0.5) is 11.4 Å². The van der Waals surface area contributed by atoms with Crippen molar-refractivity contribution in [2.75, 3.05) is 12.0 Å². The van der Waals surface area contributed by atoms with Crippen LogP contribution in [0.15, 0.2) is 72.8 Å². The van der Waals surface area contributed by atoms with Gasteiger partial charge in [0.15, 0.2) is 0 Å². The molecule has 0 aromatic heterocycles. The lowest BCUT2D eigenvalue weighted by molar-refractivity contribution is 0.413. The molecule has 26 heavy (non-hydrogen) atoms. The maximum absolute atomic E-state index is 5.37. The molecular weight excluding hydrogens is 318 g/mol. The third kappa shape index (κ3) is 2.18. The number of anilines is 2. The highest BCUT2D eigenvalue weighted by Gasteiger charge is 2.44. The van der Waals surface area contributed by atoms with E-state index in [1.165, 1.54) is 28.1 Å². The van der Waals surface area contributed by atoms with Crippen molar-refractivity contribution in [2.24, 2.45) is 0 Å². The fourth-order valence-corrected chi connectivity index (χ4v) is 4.97. The van der Waals surface area contributed by atoms with E-state index in [0.717, 1.165) is 12.2 Å². The van der Waals surface area contributed by atoms with E-state index in [9.17, 15) is 0 Å². The Morgan fingerprint density at radius 2 is 1.54 bits per heavy atom. The molecule has 3 atom stereocenters. The first-order valence-corrected chi connectivity index (χ1v) is 9.38.